The Hall–Kier alpha value is -0.610. The van der Waals surface area contributed by atoms with Gasteiger partial charge in [0.2, 0.25) is 5.91 Å². The number of carbonyl (C=O) groups excluding carboxylic acids is 1. The van der Waals surface area contributed by atoms with E-state index in [0.29, 0.717) is 17.9 Å². The third kappa shape index (κ3) is 3.29. The minimum atomic E-state index is 0.0580. The van der Waals surface area contributed by atoms with E-state index in [2.05, 4.69) is 42.8 Å². The maximum Gasteiger partial charge on any atom is 0.241 e. The Morgan fingerprint density at radius 3 is 2.74 bits per heavy atom. The number of nitrogens with one attached hydrogen (secondary N) is 1. The van der Waals surface area contributed by atoms with Gasteiger partial charge in [-0.15, -0.1) is 0 Å². The summed E-state index contributed by atoms with van der Waals surface area (Å²) in [6.07, 6.45) is 3.46. The number of hydrogen-bond acceptors (Lipinski definition) is 3. The number of nitrogens with zero attached hydrogens (tertiary/aromatic N) is 2. The lowest BCUT2D eigenvalue weighted by Gasteiger charge is -2.25. The Bertz CT molecular complexity index is 319. The van der Waals surface area contributed by atoms with Crippen LogP contribution in [0.2, 0.25) is 0 Å². The number of amides is 1. The second kappa shape index (κ2) is 6.23. The molecule has 0 saturated carbocycles. The molecule has 0 aliphatic carbocycles. The number of rotatable bonds is 5. The first-order chi connectivity index (χ1) is 9.02. The maximum absolute atomic E-state index is 12.4. The quantitative estimate of drug-likeness (QED) is 0.823. The fourth-order valence-corrected chi connectivity index (χ4v) is 3.35. The summed E-state index contributed by atoms with van der Waals surface area (Å²) in [7, 11) is 0. The number of hydrogen-bond donors (Lipinski definition) is 1. The molecule has 4 nitrogen and oxygen atoms in total. The first-order valence-electron chi connectivity index (χ1n) is 7.83. The van der Waals surface area contributed by atoms with E-state index in [1.807, 2.05) is 0 Å². The van der Waals surface area contributed by atoms with Crippen LogP contribution >= 0.6 is 0 Å². The lowest BCUT2D eigenvalue weighted by Crippen LogP contribution is -2.39. The van der Waals surface area contributed by atoms with Gasteiger partial charge < -0.3 is 9.80 Å². The van der Waals surface area contributed by atoms with Crippen molar-refractivity contribution < 1.29 is 4.79 Å². The average molecular weight is 267 g/mol. The molecule has 0 spiro atoms. The highest BCUT2D eigenvalue weighted by atomic mass is 16.2. The van der Waals surface area contributed by atoms with Crippen molar-refractivity contribution in [3.05, 3.63) is 0 Å². The van der Waals surface area contributed by atoms with Gasteiger partial charge in [-0.2, -0.15) is 0 Å². The monoisotopic (exact) mass is 267 g/mol. The lowest BCUT2D eigenvalue weighted by atomic mass is 10.1. The van der Waals surface area contributed by atoms with Crippen LogP contribution in [0.4, 0.5) is 0 Å². The average Bonchev–Trinajstić information content (AvgIpc) is 2.91. The van der Waals surface area contributed by atoms with Gasteiger partial charge in [0.05, 0.1) is 12.2 Å². The molecular formula is C15H29N3O. The summed E-state index contributed by atoms with van der Waals surface area (Å²) >= 11 is 0. The van der Waals surface area contributed by atoms with E-state index in [4.69, 9.17) is 0 Å². The minimum absolute atomic E-state index is 0.0580. The van der Waals surface area contributed by atoms with E-state index >= 15 is 0 Å². The van der Waals surface area contributed by atoms with E-state index in [1.165, 1.54) is 13.0 Å². The smallest absolute Gasteiger partial charge is 0.241 e. The van der Waals surface area contributed by atoms with Gasteiger partial charge in [0.25, 0.3) is 0 Å². The topological polar surface area (TPSA) is 35.6 Å². The summed E-state index contributed by atoms with van der Waals surface area (Å²) in [6, 6.07) is 0.685. The van der Waals surface area contributed by atoms with E-state index in [-0.39, 0.29) is 12.2 Å². The van der Waals surface area contributed by atoms with E-state index in [1.54, 1.807) is 0 Å². The van der Waals surface area contributed by atoms with Crippen molar-refractivity contribution in [2.45, 2.75) is 65.2 Å². The standard InChI is InChI=1S/C15H29N3O/c1-5-6-14-15(19)18(12(4)16-14)10-13-7-8-17(9-13)11(2)3/h11-14,16H,5-10H2,1-4H3. The van der Waals surface area contributed by atoms with Crippen molar-refractivity contribution in [3.8, 4) is 0 Å². The molecule has 110 valence electrons. The molecule has 0 radical (unpaired) electrons. The van der Waals surface area contributed by atoms with Gasteiger partial charge in [-0.05, 0) is 46.1 Å². The van der Waals surface area contributed by atoms with Gasteiger partial charge in [-0.3, -0.25) is 10.1 Å². The van der Waals surface area contributed by atoms with Crippen molar-refractivity contribution in [1.82, 2.24) is 15.1 Å². The van der Waals surface area contributed by atoms with Gasteiger partial charge in [-0.1, -0.05) is 13.3 Å². The normalized spacial score (nSPS) is 32.8. The summed E-state index contributed by atoms with van der Waals surface area (Å²) in [5, 5.41) is 3.43. The van der Waals surface area contributed by atoms with Crippen molar-refractivity contribution >= 4 is 5.91 Å². The fraction of sp³-hybridized carbons (Fsp3) is 0.933. The Morgan fingerprint density at radius 2 is 2.16 bits per heavy atom. The van der Waals surface area contributed by atoms with Gasteiger partial charge in [0.1, 0.15) is 0 Å². The summed E-state index contributed by atoms with van der Waals surface area (Å²) in [6.45, 7) is 12.0. The van der Waals surface area contributed by atoms with E-state index < -0.39 is 0 Å². The van der Waals surface area contributed by atoms with Crippen LogP contribution < -0.4 is 5.32 Å². The van der Waals surface area contributed by atoms with Gasteiger partial charge >= 0.3 is 0 Å². The fourth-order valence-electron chi connectivity index (χ4n) is 3.35. The maximum atomic E-state index is 12.4. The number of carbonyl (C=O) groups is 1. The van der Waals surface area contributed by atoms with Crippen molar-refractivity contribution in [2.75, 3.05) is 19.6 Å². The Morgan fingerprint density at radius 1 is 1.42 bits per heavy atom. The zero-order chi connectivity index (χ0) is 14.0. The van der Waals surface area contributed by atoms with Gasteiger partial charge in [0.15, 0.2) is 0 Å². The van der Waals surface area contributed by atoms with Crippen molar-refractivity contribution in [1.29, 1.82) is 0 Å². The molecule has 2 aliphatic heterocycles. The van der Waals surface area contributed by atoms with Crippen LogP contribution in [-0.4, -0.2) is 53.6 Å². The van der Waals surface area contributed by atoms with E-state index in [0.717, 1.165) is 25.9 Å². The zero-order valence-corrected chi connectivity index (χ0v) is 12.9. The highest BCUT2D eigenvalue weighted by molar-refractivity contribution is 5.84. The molecule has 2 saturated heterocycles. The highest BCUT2D eigenvalue weighted by Crippen LogP contribution is 2.23. The van der Waals surface area contributed by atoms with Gasteiger partial charge in [0, 0.05) is 19.1 Å². The van der Waals surface area contributed by atoms with Crippen LogP contribution in [0.15, 0.2) is 0 Å². The van der Waals surface area contributed by atoms with Crippen LogP contribution in [0.1, 0.15) is 47.0 Å². The molecule has 1 amide bonds. The van der Waals surface area contributed by atoms with Gasteiger partial charge in [-0.25, -0.2) is 0 Å². The predicted octanol–water partition coefficient (Wildman–Crippen LogP) is 1.66. The summed E-state index contributed by atoms with van der Waals surface area (Å²) in [4.78, 5) is 16.9. The van der Waals surface area contributed by atoms with Crippen LogP contribution in [0.25, 0.3) is 0 Å². The summed E-state index contributed by atoms with van der Waals surface area (Å²) < 4.78 is 0. The first kappa shape index (κ1) is 14.8. The molecule has 4 heteroatoms. The molecular weight excluding hydrogens is 238 g/mol. The second-order valence-electron chi connectivity index (χ2n) is 6.42. The summed E-state index contributed by atoms with van der Waals surface area (Å²) in [5.41, 5.74) is 0. The third-order valence-electron chi connectivity index (χ3n) is 4.57. The molecule has 0 aromatic rings. The van der Waals surface area contributed by atoms with Crippen LogP contribution in [0.5, 0.6) is 0 Å². The SMILES string of the molecule is CCCC1NC(C)N(CC2CCN(C(C)C)C2)C1=O. The Balaban J connectivity index is 1.87. The molecule has 3 unspecified atom stereocenters. The highest BCUT2D eigenvalue weighted by Gasteiger charge is 2.37. The molecule has 2 fully saturated rings. The van der Waals surface area contributed by atoms with E-state index in [9.17, 15) is 4.79 Å². The van der Waals surface area contributed by atoms with Crippen LogP contribution in [0.3, 0.4) is 0 Å². The largest absolute Gasteiger partial charge is 0.326 e. The zero-order valence-electron chi connectivity index (χ0n) is 12.9. The third-order valence-corrected chi connectivity index (χ3v) is 4.57. The number of likely N-dealkylation sites (tertiary alicyclic amines) is 1. The molecule has 19 heavy (non-hydrogen) atoms. The van der Waals surface area contributed by atoms with Crippen LogP contribution in [0, 0.1) is 5.92 Å². The molecule has 0 aromatic carbocycles. The lowest BCUT2D eigenvalue weighted by molar-refractivity contribution is -0.130. The molecule has 0 aromatic heterocycles. The molecule has 2 aliphatic rings. The summed E-state index contributed by atoms with van der Waals surface area (Å²) in [5.74, 6) is 0.966. The molecule has 1 N–H and O–H groups in total. The van der Waals surface area contributed by atoms with Crippen molar-refractivity contribution in [2.24, 2.45) is 5.92 Å². The first-order valence-corrected chi connectivity index (χ1v) is 7.83. The molecule has 0 bridgehead atoms. The minimum Gasteiger partial charge on any atom is -0.326 e. The van der Waals surface area contributed by atoms with Crippen LogP contribution in [-0.2, 0) is 4.79 Å². The molecule has 2 heterocycles. The second-order valence-corrected chi connectivity index (χ2v) is 6.42. The Labute approximate surface area is 117 Å². The molecule has 2 rings (SSSR count). The molecule has 3 atom stereocenters. The van der Waals surface area contributed by atoms with Crippen molar-refractivity contribution in [3.63, 3.8) is 0 Å². The Kier molecular flexibility index (Phi) is 4.85. The predicted molar refractivity (Wildman–Crippen MR) is 77.8 cm³/mol.